The Bertz CT molecular complexity index is 714. The van der Waals surface area contributed by atoms with Crippen LogP contribution < -0.4 is 10.6 Å². The van der Waals surface area contributed by atoms with Crippen LogP contribution in [0, 0.1) is 20.8 Å². The van der Waals surface area contributed by atoms with Crippen LogP contribution >= 0.6 is 11.3 Å². The van der Waals surface area contributed by atoms with Crippen molar-refractivity contribution in [1.29, 1.82) is 0 Å². The van der Waals surface area contributed by atoms with Gasteiger partial charge in [-0.15, -0.1) is 11.3 Å². The molecular weight excluding hydrogens is 354 g/mol. The fourth-order valence-corrected chi connectivity index (χ4v) is 3.74. The lowest BCUT2D eigenvalue weighted by Gasteiger charge is -2.24. The second kappa shape index (κ2) is 10.4. The maximum absolute atomic E-state index is 4.82. The summed E-state index contributed by atoms with van der Waals surface area (Å²) >= 11 is 1.78. The summed E-state index contributed by atoms with van der Waals surface area (Å²) in [5, 5.41) is 7.96. The largest absolute Gasteiger partial charge is 0.357 e. The monoisotopic (exact) mass is 387 g/mol. The average molecular weight is 388 g/mol. The van der Waals surface area contributed by atoms with Crippen LogP contribution in [0.4, 0.5) is 0 Å². The minimum Gasteiger partial charge on any atom is -0.357 e. The van der Waals surface area contributed by atoms with Gasteiger partial charge in [-0.2, -0.15) is 0 Å². The van der Waals surface area contributed by atoms with Gasteiger partial charge in [-0.3, -0.25) is 4.99 Å². The predicted molar refractivity (Wildman–Crippen MR) is 117 cm³/mol. The van der Waals surface area contributed by atoms with Gasteiger partial charge < -0.3 is 15.5 Å². The number of hydrogen-bond donors (Lipinski definition) is 2. The second-order valence-electron chi connectivity index (χ2n) is 7.04. The van der Waals surface area contributed by atoms with Crippen LogP contribution in [-0.2, 0) is 6.42 Å². The van der Waals surface area contributed by atoms with Crippen LogP contribution in [0.15, 0.2) is 29.3 Å². The molecule has 5 nitrogen and oxygen atoms in total. The maximum Gasteiger partial charge on any atom is 0.191 e. The van der Waals surface area contributed by atoms with Crippen molar-refractivity contribution in [3.8, 4) is 0 Å². The van der Waals surface area contributed by atoms with E-state index in [1.807, 2.05) is 0 Å². The molecule has 0 saturated heterocycles. The number of benzene rings is 1. The summed E-state index contributed by atoms with van der Waals surface area (Å²) in [6.07, 6.45) is 0.916. The molecule has 1 heterocycles. The van der Waals surface area contributed by atoms with Gasteiger partial charge in [0.25, 0.3) is 0 Å². The number of nitrogens with zero attached hydrogens (tertiary/aromatic N) is 3. The van der Waals surface area contributed by atoms with E-state index in [1.54, 1.807) is 11.3 Å². The summed E-state index contributed by atoms with van der Waals surface area (Å²) in [6.45, 7) is 10.8. The molecule has 6 heteroatoms. The summed E-state index contributed by atoms with van der Waals surface area (Å²) in [5.74, 6) is 0.862. The van der Waals surface area contributed by atoms with Crippen LogP contribution in [0.2, 0.25) is 0 Å². The van der Waals surface area contributed by atoms with Crippen molar-refractivity contribution in [3.63, 3.8) is 0 Å². The number of rotatable bonds is 8. The quantitative estimate of drug-likeness (QED) is 0.538. The van der Waals surface area contributed by atoms with Gasteiger partial charge in [-0.1, -0.05) is 29.8 Å². The number of likely N-dealkylation sites (N-methyl/N-ethyl adjacent to an activating group) is 1. The SMILES string of the molecule is CCNC(=NCC(c1ccc(C)cc1)N(C)C)NCCc1nc(C)c(C)s1. The fourth-order valence-electron chi connectivity index (χ4n) is 2.81. The third-order valence-electron chi connectivity index (χ3n) is 4.56. The first-order valence-corrected chi connectivity index (χ1v) is 10.4. The van der Waals surface area contributed by atoms with Gasteiger partial charge in [0.15, 0.2) is 5.96 Å². The van der Waals surface area contributed by atoms with Gasteiger partial charge in [0.1, 0.15) is 0 Å². The van der Waals surface area contributed by atoms with Gasteiger partial charge >= 0.3 is 0 Å². The zero-order valence-electron chi connectivity index (χ0n) is 17.5. The Balaban J connectivity index is 1.98. The zero-order chi connectivity index (χ0) is 19.8. The highest BCUT2D eigenvalue weighted by atomic mass is 32.1. The third kappa shape index (κ3) is 6.63. The van der Waals surface area contributed by atoms with Crippen LogP contribution in [0.3, 0.4) is 0 Å². The van der Waals surface area contributed by atoms with Gasteiger partial charge in [0.05, 0.1) is 23.3 Å². The molecule has 148 valence electrons. The van der Waals surface area contributed by atoms with E-state index in [1.165, 1.54) is 21.0 Å². The molecule has 0 aliphatic heterocycles. The number of nitrogens with one attached hydrogen (secondary N) is 2. The van der Waals surface area contributed by atoms with Crippen LogP contribution in [-0.4, -0.2) is 49.6 Å². The number of guanidine groups is 1. The van der Waals surface area contributed by atoms with Crippen molar-refractivity contribution in [1.82, 2.24) is 20.5 Å². The van der Waals surface area contributed by atoms with Crippen LogP contribution in [0.25, 0.3) is 0 Å². The highest BCUT2D eigenvalue weighted by Crippen LogP contribution is 2.19. The molecule has 0 aliphatic carbocycles. The minimum absolute atomic E-state index is 0.255. The Morgan fingerprint density at radius 1 is 1.15 bits per heavy atom. The first-order valence-electron chi connectivity index (χ1n) is 9.58. The molecular formula is C21H33N5S. The van der Waals surface area contributed by atoms with Gasteiger partial charge in [0, 0.05) is 24.4 Å². The Labute approximate surface area is 167 Å². The molecule has 0 radical (unpaired) electrons. The molecule has 0 fully saturated rings. The van der Waals surface area contributed by atoms with E-state index in [4.69, 9.17) is 4.99 Å². The summed E-state index contributed by atoms with van der Waals surface area (Å²) < 4.78 is 0. The number of aliphatic imine (C=N–C) groups is 1. The molecule has 1 aromatic heterocycles. The van der Waals surface area contributed by atoms with Gasteiger partial charge in [-0.05, 0) is 47.4 Å². The molecule has 0 saturated carbocycles. The lowest BCUT2D eigenvalue weighted by atomic mass is 10.0. The molecule has 2 rings (SSSR count). The van der Waals surface area contributed by atoms with Crippen LogP contribution in [0.1, 0.15) is 39.7 Å². The Kier molecular flexibility index (Phi) is 8.25. The number of aromatic nitrogens is 1. The molecule has 2 N–H and O–H groups in total. The molecule has 27 heavy (non-hydrogen) atoms. The Hall–Kier alpha value is -1.92. The van der Waals surface area contributed by atoms with E-state index >= 15 is 0 Å². The molecule has 1 atom stereocenters. The topological polar surface area (TPSA) is 52.6 Å². The van der Waals surface area contributed by atoms with E-state index in [2.05, 4.69) is 86.6 Å². The number of thiazole rings is 1. The fraction of sp³-hybridized carbons (Fsp3) is 0.524. The van der Waals surface area contributed by atoms with E-state index < -0.39 is 0 Å². The molecule has 1 aromatic carbocycles. The highest BCUT2D eigenvalue weighted by Gasteiger charge is 2.14. The zero-order valence-corrected chi connectivity index (χ0v) is 18.3. The standard InChI is InChI=1S/C21H33N5S/c1-7-22-21(23-13-12-20-25-16(3)17(4)27-20)24-14-19(26(5)6)18-10-8-15(2)9-11-18/h8-11,19H,7,12-14H2,1-6H3,(H2,22,23,24). The van der Waals surface area contributed by atoms with E-state index in [-0.39, 0.29) is 6.04 Å². The predicted octanol–water partition coefficient (Wildman–Crippen LogP) is 3.47. The third-order valence-corrected chi connectivity index (χ3v) is 5.69. The van der Waals surface area contributed by atoms with Crippen molar-refractivity contribution >= 4 is 17.3 Å². The van der Waals surface area contributed by atoms with E-state index in [0.717, 1.165) is 31.2 Å². The average Bonchev–Trinajstić information content (AvgIpc) is 2.94. The molecule has 0 amide bonds. The molecule has 1 unspecified atom stereocenters. The number of aryl methyl sites for hydroxylation is 3. The van der Waals surface area contributed by atoms with Crippen molar-refractivity contribution in [2.75, 3.05) is 33.7 Å². The van der Waals surface area contributed by atoms with Gasteiger partial charge in [0.2, 0.25) is 0 Å². The van der Waals surface area contributed by atoms with Crippen molar-refractivity contribution < 1.29 is 0 Å². The van der Waals surface area contributed by atoms with Crippen molar-refractivity contribution in [2.24, 2.45) is 4.99 Å². The number of hydrogen-bond acceptors (Lipinski definition) is 4. The maximum atomic E-state index is 4.82. The molecule has 0 aliphatic rings. The second-order valence-corrected chi connectivity index (χ2v) is 8.32. The lowest BCUT2D eigenvalue weighted by Crippen LogP contribution is -2.39. The smallest absolute Gasteiger partial charge is 0.191 e. The normalized spacial score (nSPS) is 13.1. The molecule has 0 spiro atoms. The Morgan fingerprint density at radius 2 is 1.85 bits per heavy atom. The molecule has 2 aromatic rings. The van der Waals surface area contributed by atoms with E-state index in [0.29, 0.717) is 6.54 Å². The minimum atomic E-state index is 0.255. The molecule has 0 bridgehead atoms. The van der Waals surface area contributed by atoms with Gasteiger partial charge in [-0.25, -0.2) is 4.98 Å². The highest BCUT2D eigenvalue weighted by molar-refractivity contribution is 7.11. The summed E-state index contributed by atoms with van der Waals surface area (Å²) in [4.78, 5) is 13.0. The summed E-state index contributed by atoms with van der Waals surface area (Å²) in [7, 11) is 4.21. The first-order chi connectivity index (χ1) is 12.9. The van der Waals surface area contributed by atoms with Crippen molar-refractivity contribution in [2.45, 2.75) is 40.2 Å². The van der Waals surface area contributed by atoms with Crippen LogP contribution in [0.5, 0.6) is 0 Å². The van der Waals surface area contributed by atoms with E-state index in [9.17, 15) is 0 Å². The Morgan fingerprint density at radius 3 is 2.41 bits per heavy atom. The summed E-state index contributed by atoms with van der Waals surface area (Å²) in [6, 6.07) is 8.98. The summed E-state index contributed by atoms with van der Waals surface area (Å²) in [5.41, 5.74) is 3.71. The van der Waals surface area contributed by atoms with Crippen molar-refractivity contribution in [3.05, 3.63) is 51.0 Å². The first kappa shape index (κ1) is 21.4. The lowest BCUT2D eigenvalue weighted by molar-refractivity contribution is 0.306.